The maximum atomic E-state index is 10.4. The number of hydrogen-bond donors (Lipinski definition) is 1. The molecule has 3 nitrogen and oxygen atoms in total. The van der Waals surface area contributed by atoms with Crippen LogP contribution in [0.5, 0.6) is 0 Å². The second-order valence-corrected chi connectivity index (χ2v) is 4.28. The van der Waals surface area contributed by atoms with E-state index in [-0.39, 0.29) is 5.97 Å². The Labute approximate surface area is 97.8 Å². The lowest BCUT2D eigenvalue weighted by Crippen LogP contribution is -2.13. The highest BCUT2D eigenvalue weighted by Crippen LogP contribution is 2.03. The van der Waals surface area contributed by atoms with Crippen LogP contribution in [0.3, 0.4) is 0 Å². The van der Waals surface area contributed by atoms with Gasteiger partial charge in [-0.2, -0.15) is 0 Å². The number of rotatable bonds is 7. The Hall–Kier alpha value is -1.09. The van der Waals surface area contributed by atoms with E-state index < -0.39 is 5.60 Å². The summed E-state index contributed by atoms with van der Waals surface area (Å²) in [4.78, 5) is 10.4. The summed E-state index contributed by atoms with van der Waals surface area (Å²) in [5.41, 5.74) is -0.750. The van der Waals surface area contributed by atoms with Gasteiger partial charge in [-0.3, -0.25) is 4.79 Å². The molecular formula is C13H22O3. The lowest BCUT2D eigenvalue weighted by Gasteiger charge is -2.08. The lowest BCUT2D eigenvalue weighted by molar-refractivity contribution is -0.141. The minimum atomic E-state index is -0.750. The van der Waals surface area contributed by atoms with Gasteiger partial charge in [-0.25, -0.2) is 0 Å². The second-order valence-electron chi connectivity index (χ2n) is 4.28. The highest BCUT2D eigenvalue weighted by molar-refractivity contribution is 5.65. The third-order valence-electron chi connectivity index (χ3n) is 1.82. The van der Waals surface area contributed by atoms with E-state index in [9.17, 15) is 9.90 Å². The number of allylic oxidation sites excluding steroid dienone is 3. The van der Waals surface area contributed by atoms with Crippen molar-refractivity contribution in [2.24, 2.45) is 0 Å². The molecule has 0 unspecified atom stereocenters. The van der Waals surface area contributed by atoms with E-state index in [0.717, 1.165) is 19.3 Å². The molecule has 0 rings (SSSR count). The molecule has 0 aliphatic carbocycles. The first-order valence-electron chi connectivity index (χ1n) is 5.62. The molecule has 0 fully saturated rings. The number of aliphatic hydroxyl groups is 1. The lowest BCUT2D eigenvalue weighted by atomic mass is 10.1. The predicted molar refractivity (Wildman–Crippen MR) is 65.1 cm³/mol. The monoisotopic (exact) mass is 226 g/mol. The topological polar surface area (TPSA) is 46.5 Å². The van der Waals surface area contributed by atoms with Gasteiger partial charge in [0.1, 0.15) is 0 Å². The van der Waals surface area contributed by atoms with Crippen LogP contribution in [0.15, 0.2) is 24.3 Å². The molecule has 0 saturated heterocycles. The molecule has 0 aromatic carbocycles. The molecule has 0 aliphatic heterocycles. The summed E-state index contributed by atoms with van der Waals surface area (Å²) < 4.78 is 4.80. The summed E-state index contributed by atoms with van der Waals surface area (Å²) in [5, 5.41) is 9.37. The third kappa shape index (κ3) is 12.9. The van der Waals surface area contributed by atoms with Gasteiger partial charge in [-0.1, -0.05) is 24.3 Å². The van der Waals surface area contributed by atoms with Crippen molar-refractivity contribution in [3.8, 4) is 0 Å². The van der Waals surface area contributed by atoms with Crippen LogP contribution < -0.4 is 0 Å². The van der Waals surface area contributed by atoms with E-state index in [0.29, 0.717) is 6.61 Å². The van der Waals surface area contributed by atoms with Crippen LogP contribution in [-0.2, 0) is 9.53 Å². The number of carbonyl (C=O) groups is 1. The Morgan fingerprint density at radius 1 is 1.31 bits per heavy atom. The summed E-state index contributed by atoms with van der Waals surface area (Å²) >= 11 is 0. The van der Waals surface area contributed by atoms with Gasteiger partial charge < -0.3 is 9.84 Å². The van der Waals surface area contributed by atoms with Crippen molar-refractivity contribution in [3.05, 3.63) is 24.3 Å². The fourth-order valence-electron chi connectivity index (χ4n) is 1.05. The van der Waals surface area contributed by atoms with E-state index >= 15 is 0 Å². The maximum absolute atomic E-state index is 10.4. The highest BCUT2D eigenvalue weighted by Gasteiger charge is 2.03. The van der Waals surface area contributed by atoms with Crippen LogP contribution in [0.25, 0.3) is 0 Å². The molecule has 3 heteroatoms. The first-order chi connectivity index (χ1) is 7.42. The predicted octanol–water partition coefficient (Wildman–Crippen LogP) is 2.60. The quantitative estimate of drug-likeness (QED) is 0.412. The van der Waals surface area contributed by atoms with Gasteiger partial charge in [0.15, 0.2) is 0 Å². The first kappa shape index (κ1) is 14.9. The van der Waals surface area contributed by atoms with Gasteiger partial charge in [0.2, 0.25) is 0 Å². The number of unbranched alkanes of at least 4 members (excludes halogenated alkanes) is 2. The van der Waals surface area contributed by atoms with E-state index in [4.69, 9.17) is 4.74 Å². The summed E-state index contributed by atoms with van der Waals surface area (Å²) in [6.07, 6.45) is 10.4. The molecule has 0 heterocycles. The van der Waals surface area contributed by atoms with Gasteiger partial charge in [0, 0.05) is 6.92 Å². The molecule has 0 atom stereocenters. The molecule has 0 saturated carbocycles. The average molecular weight is 226 g/mol. The Balaban J connectivity index is 3.42. The van der Waals surface area contributed by atoms with Crippen LogP contribution >= 0.6 is 0 Å². The Bertz CT molecular complexity index is 246. The van der Waals surface area contributed by atoms with Crippen molar-refractivity contribution in [3.63, 3.8) is 0 Å². The number of carbonyl (C=O) groups excluding carboxylic acids is 1. The van der Waals surface area contributed by atoms with Crippen LogP contribution in [0.2, 0.25) is 0 Å². The van der Waals surface area contributed by atoms with Crippen molar-refractivity contribution < 1.29 is 14.6 Å². The first-order valence-corrected chi connectivity index (χ1v) is 5.62. The molecule has 0 radical (unpaired) electrons. The van der Waals surface area contributed by atoms with E-state index in [1.165, 1.54) is 6.92 Å². The molecule has 0 aromatic rings. The normalized spacial score (nSPS) is 12.5. The van der Waals surface area contributed by atoms with Gasteiger partial charge in [0.25, 0.3) is 0 Å². The summed E-state index contributed by atoms with van der Waals surface area (Å²) in [5.74, 6) is -0.219. The minimum absolute atomic E-state index is 0.219. The molecule has 92 valence electrons. The molecule has 0 spiro atoms. The van der Waals surface area contributed by atoms with Gasteiger partial charge in [-0.05, 0) is 33.1 Å². The van der Waals surface area contributed by atoms with Crippen LogP contribution in [0.1, 0.15) is 40.0 Å². The maximum Gasteiger partial charge on any atom is 0.302 e. The number of hydrogen-bond acceptors (Lipinski definition) is 3. The zero-order chi connectivity index (χ0) is 12.4. The van der Waals surface area contributed by atoms with E-state index in [1.54, 1.807) is 19.9 Å². The number of ether oxygens (including phenoxy) is 1. The Kier molecular flexibility index (Phi) is 7.56. The van der Waals surface area contributed by atoms with Crippen LogP contribution in [0.4, 0.5) is 0 Å². The number of esters is 1. The SMILES string of the molecule is CC(=O)OCCCC/C=C/C=C/C(C)(C)O. The van der Waals surface area contributed by atoms with Gasteiger partial charge in [0.05, 0.1) is 12.2 Å². The second kappa shape index (κ2) is 8.11. The third-order valence-corrected chi connectivity index (χ3v) is 1.82. The standard InChI is InChI=1S/C13H22O3/c1-12(14)16-11-9-7-5-4-6-8-10-13(2,3)15/h4,6,8,10,15H,5,7,9,11H2,1-3H3/b6-4+,10-8+. The summed E-state index contributed by atoms with van der Waals surface area (Å²) in [6.45, 7) is 5.39. The molecule has 16 heavy (non-hydrogen) atoms. The van der Waals surface area contributed by atoms with Gasteiger partial charge in [-0.15, -0.1) is 0 Å². The minimum Gasteiger partial charge on any atom is -0.466 e. The van der Waals surface area contributed by atoms with Crippen molar-refractivity contribution >= 4 is 5.97 Å². The van der Waals surface area contributed by atoms with Crippen LogP contribution in [-0.4, -0.2) is 23.3 Å². The van der Waals surface area contributed by atoms with Crippen molar-refractivity contribution in [1.82, 2.24) is 0 Å². The zero-order valence-corrected chi connectivity index (χ0v) is 10.4. The summed E-state index contributed by atoms with van der Waals surface area (Å²) in [6, 6.07) is 0. The molecule has 0 bridgehead atoms. The molecule has 0 amide bonds. The molecule has 0 aliphatic rings. The highest BCUT2D eigenvalue weighted by atomic mass is 16.5. The van der Waals surface area contributed by atoms with Gasteiger partial charge >= 0.3 is 5.97 Å². The fourth-order valence-corrected chi connectivity index (χ4v) is 1.05. The molecular weight excluding hydrogens is 204 g/mol. The largest absolute Gasteiger partial charge is 0.466 e. The van der Waals surface area contributed by atoms with E-state index in [1.807, 2.05) is 18.2 Å². The fraction of sp³-hybridized carbons (Fsp3) is 0.615. The van der Waals surface area contributed by atoms with Crippen molar-refractivity contribution in [1.29, 1.82) is 0 Å². The molecule has 0 aromatic heterocycles. The van der Waals surface area contributed by atoms with Crippen LogP contribution in [0, 0.1) is 0 Å². The smallest absolute Gasteiger partial charge is 0.302 e. The molecule has 1 N–H and O–H groups in total. The Morgan fingerprint density at radius 2 is 2.00 bits per heavy atom. The van der Waals surface area contributed by atoms with E-state index in [2.05, 4.69) is 0 Å². The zero-order valence-electron chi connectivity index (χ0n) is 10.4. The Morgan fingerprint density at radius 3 is 2.56 bits per heavy atom. The van der Waals surface area contributed by atoms with Crippen molar-refractivity contribution in [2.45, 2.75) is 45.6 Å². The summed E-state index contributed by atoms with van der Waals surface area (Å²) in [7, 11) is 0. The van der Waals surface area contributed by atoms with Crippen molar-refractivity contribution in [2.75, 3.05) is 6.61 Å². The average Bonchev–Trinajstić information content (AvgIpc) is 2.13.